The highest BCUT2D eigenvalue weighted by molar-refractivity contribution is 6.33. The number of benzene rings is 2. The molecule has 3 rings (SSSR count). The first-order valence-electron chi connectivity index (χ1n) is 7.40. The summed E-state index contributed by atoms with van der Waals surface area (Å²) in [5.41, 5.74) is 0.806. The van der Waals surface area contributed by atoms with Crippen molar-refractivity contribution in [3.05, 3.63) is 64.7 Å². The molecule has 2 N–H and O–H groups in total. The van der Waals surface area contributed by atoms with E-state index in [1.165, 1.54) is 0 Å². The molecular formula is C18H15ClN2O3. The Kier molecular flexibility index (Phi) is 4.53. The number of fused-ring (bicyclic) bond motifs is 1. The Morgan fingerprint density at radius 2 is 2.04 bits per heavy atom. The van der Waals surface area contributed by atoms with Gasteiger partial charge in [0.15, 0.2) is 11.3 Å². The van der Waals surface area contributed by atoms with Crippen LogP contribution in [0, 0.1) is 5.41 Å². The Labute approximate surface area is 143 Å². The lowest BCUT2D eigenvalue weighted by atomic mass is 10.1. The first-order chi connectivity index (χ1) is 11.6. The van der Waals surface area contributed by atoms with Gasteiger partial charge in [-0.05, 0) is 31.2 Å². The number of nitrogens with one attached hydrogen (secondary N) is 2. The summed E-state index contributed by atoms with van der Waals surface area (Å²) in [4.78, 5) is 12.5. The van der Waals surface area contributed by atoms with Crippen LogP contribution in [0.4, 0.5) is 5.69 Å². The van der Waals surface area contributed by atoms with Crippen LogP contribution in [0.15, 0.2) is 52.9 Å². The third-order valence-electron chi connectivity index (χ3n) is 3.42. The van der Waals surface area contributed by atoms with Gasteiger partial charge in [-0.25, -0.2) is 0 Å². The van der Waals surface area contributed by atoms with E-state index in [0.717, 1.165) is 0 Å². The van der Waals surface area contributed by atoms with Crippen LogP contribution in [0.2, 0.25) is 5.02 Å². The normalized spacial score (nSPS) is 10.6. The van der Waals surface area contributed by atoms with Crippen molar-refractivity contribution in [3.8, 4) is 5.75 Å². The van der Waals surface area contributed by atoms with Gasteiger partial charge in [-0.1, -0.05) is 35.9 Å². The maximum atomic E-state index is 12.5. The van der Waals surface area contributed by atoms with Gasteiger partial charge in [-0.2, -0.15) is 0 Å². The summed E-state index contributed by atoms with van der Waals surface area (Å²) >= 11 is 6.04. The molecule has 2 aromatic carbocycles. The Bertz CT molecular complexity index is 966. The van der Waals surface area contributed by atoms with Crippen molar-refractivity contribution in [2.75, 3.05) is 11.9 Å². The minimum absolute atomic E-state index is 0.121. The van der Waals surface area contributed by atoms with Gasteiger partial charge in [-0.3, -0.25) is 10.2 Å². The highest BCUT2D eigenvalue weighted by Gasteiger charge is 2.14. The molecule has 0 radical (unpaired) electrons. The zero-order valence-electron chi connectivity index (χ0n) is 12.9. The number of ether oxygens (including phenoxy) is 1. The molecule has 0 spiro atoms. The number of hydrogen-bond acceptors (Lipinski definition) is 4. The van der Waals surface area contributed by atoms with Gasteiger partial charge in [0, 0.05) is 5.39 Å². The molecule has 0 saturated heterocycles. The molecule has 0 unspecified atom stereocenters. The van der Waals surface area contributed by atoms with Gasteiger partial charge in [0.25, 0.3) is 5.91 Å². The van der Waals surface area contributed by atoms with Crippen LogP contribution in [0.1, 0.15) is 17.3 Å². The van der Waals surface area contributed by atoms with Gasteiger partial charge >= 0.3 is 0 Å². The highest BCUT2D eigenvalue weighted by Crippen LogP contribution is 2.25. The van der Waals surface area contributed by atoms with E-state index in [4.69, 9.17) is 26.2 Å². The summed E-state index contributed by atoms with van der Waals surface area (Å²) in [5, 5.41) is 11.8. The number of para-hydroxylation sites is 2. The van der Waals surface area contributed by atoms with Gasteiger partial charge in [0.2, 0.25) is 5.55 Å². The van der Waals surface area contributed by atoms with Crippen LogP contribution in [-0.2, 0) is 0 Å². The average Bonchev–Trinajstić information content (AvgIpc) is 2.57. The number of hydrogen-bond donors (Lipinski definition) is 2. The number of rotatable bonds is 4. The monoisotopic (exact) mass is 342 g/mol. The predicted octanol–water partition coefficient (Wildman–Crippen LogP) is 4.22. The van der Waals surface area contributed by atoms with Crippen molar-refractivity contribution < 1.29 is 13.9 Å². The second kappa shape index (κ2) is 6.76. The lowest BCUT2D eigenvalue weighted by molar-refractivity contribution is 0.102. The van der Waals surface area contributed by atoms with E-state index in [9.17, 15) is 4.79 Å². The van der Waals surface area contributed by atoms with Crippen LogP contribution in [-0.4, -0.2) is 12.5 Å². The Morgan fingerprint density at radius 1 is 1.25 bits per heavy atom. The van der Waals surface area contributed by atoms with E-state index in [1.807, 2.05) is 13.0 Å². The van der Waals surface area contributed by atoms with Crippen molar-refractivity contribution in [1.29, 1.82) is 5.41 Å². The van der Waals surface area contributed by atoms with Crippen molar-refractivity contribution in [3.63, 3.8) is 0 Å². The third kappa shape index (κ3) is 3.12. The summed E-state index contributed by atoms with van der Waals surface area (Å²) < 4.78 is 11.0. The molecule has 0 fully saturated rings. The second-order valence-corrected chi connectivity index (χ2v) is 5.44. The molecule has 0 atom stereocenters. The molecular weight excluding hydrogens is 328 g/mol. The minimum atomic E-state index is -0.458. The quantitative estimate of drug-likeness (QED) is 0.745. The number of anilines is 1. The Hall–Kier alpha value is -2.79. The Morgan fingerprint density at radius 3 is 2.79 bits per heavy atom. The Balaban J connectivity index is 2.01. The van der Waals surface area contributed by atoms with Crippen molar-refractivity contribution >= 4 is 34.2 Å². The van der Waals surface area contributed by atoms with Crippen molar-refractivity contribution in [2.24, 2.45) is 0 Å². The molecule has 122 valence electrons. The molecule has 0 aliphatic heterocycles. The lowest BCUT2D eigenvalue weighted by Crippen LogP contribution is -2.21. The third-order valence-corrected chi connectivity index (χ3v) is 3.75. The van der Waals surface area contributed by atoms with E-state index in [-0.39, 0.29) is 11.1 Å². The fourth-order valence-electron chi connectivity index (χ4n) is 2.32. The molecule has 24 heavy (non-hydrogen) atoms. The number of carbonyl (C=O) groups excluding carboxylic acids is 1. The van der Waals surface area contributed by atoms with E-state index in [1.54, 1.807) is 42.5 Å². The van der Waals surface area contributed by atoms with Gasteiger partial charge < -0.3 is 14.5 Å². The highest BCUT2D eigenvalue weighted by atomic mass is 35.5. The predicted molar refractivity (Wildman–Crippen MR) is 92.6 cm³/mol. The molecule has 1 amide bonds. The largest absolute Gasteiger partial charge is 0.490 e. The maximum absolute atomic E-state index is 12.5. The molecule has 0 bridgehead atoms. The zero-order valence-corrected chi connectivity index (χ0v) is 13.7. The maximum Gasteiger partial charge on any atom is 0.261 e. The summed E-state index contributed by atoms with van der Waals surface area (Å²) in [6, 6.07) is 13.9. The smallest absolute Gasteiger partial charge is 0.261 e. The SMILES string of the molecule is CCOc1cccc2cc(C(=O)Nc3ccccc3Cl)c(=N)oc12. The molecule has 1 heterocycles. The fraction of sp³-hybridized carbons (Fsp3) is 0.111. The van der Waals surface area contributed by atoms with Crippen LogP contribution >= 0.6 is 11.6 Å². The van der Waals surface area contributed by atoms with Crippen molar-refractivity contribution in [2.45, 2.75) is 6.92 Å². The topological polar surface area (TPSA) is 75.3 Å². The lowest BCUT2D eigenvalue weighted by Gasteiger charge is -2.09. The van der Waals surface area contributed by atoms with E-state index in [0.29, 0.717) is 34.0 Å². The van der Waals surface area contributed by atoms with E-state index in [2.05, 4.69) is 5.32 Å². The van der Waals surface area contributed by atoms with E-state index < -0.39 is 5.91 Å². The first-order valence-corrected chi connectivity index (χ1v) is 7.78. The summed E-state index contributed by atoms with van der Waals surface area (Å²) in [6.07, 6.45) is 0. The number of amides is 1. The van der Waals surface area contributed by atoms with Crippen LogP contribution in [0.25, 0.3) is 11.0 Å². The van der Waals surface area contributed by atoms with Crippen LogP contribution < -0.4 is 15.6 Å². The minimum Gasteiger partial charge on any atom is -0.490 e. The van der Waals surface area contributed by atoms with Gasteiger partial charge in [0.05, 0.1) is 17.3 Å². The van der Waals surface area contributed by atoms with Crippen LogP contribution in [0.5, 0.6) is 5.75 Å². The number of halogens is 1. The van der Waals surface area contributed by atoms with Gasteiger partial charge in [-0.15, -0.1) is 0 Å². The molecule has 3 aromatic rings. The molecule has 0 saturated carbocycles. The fourth-order valence-corrected chi connectivity index (χ4v) is 2.51. The molecule has 6 heteroatoms. The average molecular weight is 343 g/mol. The van der Waals surface area contributed by atoms with E-state index >= 15 is 0 Å². The molecule has 0 aliphatic carbocycles. The molecule has 0 aliphatic rings. The second-order valence-electron chi connectivity index (χ2n) is 5.03. The molecule has 5 nitrogen and oxygen atoms in total. The summed E-state index contributed by atoms with van der Waals surface area (Å²) in [5.74, 6) is 0.0853. The summed E-state index contributed by atoms with van der Waals surface area (Å²) in [7, 11) is 0. The summed E-state index contributed by atoms with van der Waals surface area (Å²) in [6.45, 7) is 2.35. The van der Waals surface area contributed by atoms with Crippen molar-refractivity contribution in [1.82, 2.24) is 0 Å². The first kappa shape index (κ1) is 16.1. The van der Waals surface area contributed by atoms with Crippen LogP contribution in [0.3, 0.4) is 0 Å². The zero-order chi connectivity index (χ0) is 17.1. The standard InChI is InChI=1S/C18H15ClN2O3/c1-2-23-15-9-5-6-11-10-12(17(20)24-16(11)15)18(22)21-14-8-4-3-7-13(14)19/h3-10,20H,2H2,1H3,(H,21,22). The van der Waals surface area contributed by atoms with Gasteiger partial charge in [0.1, 0.15) is 5.56 Å². The molecule has 1 aromatic heterocycles. The number of carbonyl (C=O) groups is 1.